The summed E-state index contributed by atoms with van der Waals surface area (Å²) in [6, 6.07) is 22.1. The van der Waals surface area contributed by atoms with Gasteiger partial charge in [-0.15, -0.1) is 0 Å². The summed E-state index contributed by atoms with van der Waals surface area (Å²) in [4.78, 5) is 0. The first-order valence-corrected chi connectivity index (χ1v) is 9.95. The van der Waals surface area contributed by atoms with E-state index in [4.69, 9.17) is 0 Å². The molecule has 0 atom stereocenters. The lowest BCUT2D eigenvalue weighted by molar-refractivity contribution is 0.468. The van der Waals surface area contributed by atoms with Gasteiger partial charge in [0.25, 0.3) is 0 Å². The third-order valence-corrected chi connectivity index (χ3v) is 5.49. The van der Waals surface area contributed by atoms with Crippen molar-refractivity contribution in [2.24, 2.45) is 0 Å². The van der Waals surface area contributed by atoms with E-state index >= 15 is 0 Å². The predicted molar refractivity (Wildman–Crippen MR) is 113 cm³/mol. The molecule has 0 heterocycles. The number of unbranched alkanes of at least 4 members (excludes halogenated alkanes) is 3. The molecular formula is C25H28O3. The predicted octanol–water partition coefficient (Wildman–Crippen LogP) is 6.11. The van der Waals surface area contributed by atoms with Crippen LogP contribution in [0.25, 0.3) is 0 Å². The van der Waals surface area contributed by atoms with E-state index in [2.05, 4.69) is 6.92 Å². The fourth-order valence-corrected chi connectivity index (χ4v) is 3.99. The molecule has 0 saturated carbocycles. The maximum absolute atomic E-state index is 9.82. The molecule has 28 heavy (non-hydrogen) atoms. The maximum atomic E-state index is 9.82. The van der Waals surface area contributed by atoms with Crippen molar-refractivity contribution in [1.82, 2.24) is 0 Å². The highest BCUT2D eigenvalue weighted by Gasteiger charge is 2.36. The summed E-state index contributed by atoms with van der Waals surface area (Å²) >= 11 is 0. The Balaban J connectivity index is 2.18. The van der Waals surface area contributed by atoms with Crippen LogP contribution in [0, 0.1) is 0 Å². The molecule has 0 saturated heterocycles. The molecule has 0 aromatic heterocycles. The SMILES string of the molecule is CCCCCCC(c1ccc(O)cc1)(c1ccc(O)cc1)c1ccc(O)cc1. The lowest BCUT2D eigenvalue weighted by atomic mass is 9.66. The number of rotatable bonds is 8. The Hall–Kier alpha value is -2.94. The van der Waals surface area contributed by atoms with Crippen LogP contribution in [0.3, 0.4) is 0 Å². The van der Waals surface area contributed by atoms with Gasteiger partial charge in [0, 0.05) is 5.41 Å². The Labute approximate surface area is 166 Å². The van der Waals surface area contributed by atoms with E-state index in [1.165, 1.54) is 12.8 Å². The van der Waals surface area contributed by atoms with E-state index in [1.807, 2.05) is 36.4 Å². The first-order valence-electron chi connectivity index (χ1n) is 9.95. The summed E-state index contributed by atoms with van der Waals surface area (Å²) in [5.74, 6) is 0.708. The number of hydrogen-bond donors (Lipinski definition) is 3. The third-order valence-electron chi connectivity index (χ3n) is 5.49. The third kappa shape index (κ3) is 4.14. The zero-order chi connectivity index (χ0) is 20.0. The summed E-state index contributed by atoms with van der Waals surface area (Å²) < 4.78 is 0. The molecule has 3 heteroatoms. The van der Waals surface area contributed by atoms with Gasteiger partial charge in [-0.25, -0.2) is 0 Å². The lowest BCUT2D eigenvalue weighted by Crippen LogP contribution is -2.29. The van der Waals surface area contributed by atoms with Crippen LogP contribution >= 0.6 is 0 Å². The number of hydrogen-bond acceptors (Lipinski definition) is 3. The van der Waals surface area contributed by atoms with Crippen molar-refractivity contribution in [3.63, 3.8) is 0 Å². The van der Waals surface area contributed by atoms with Crippen LogP contribution in [0.5, 0.6) is 17.2 Å². The Morgan fingerprint density at radius 1 is 0.536 bits per heavy atom. The summed E-state index contributed by atoms with van der Waals surface area (Å²) in [5.41, 5.74) is 2.82. The monoisotopic (exact) mass is 376 g/mol. The molecule has 0 aliphatic rings. The van der Waals surface area contributed by atoms with Crippen molar-refractivity contribution < 1.29 is 15.3 Å². The smallest absolute Gasteiger partial charge is 0.115 e. The van der Waals surface area contributed by atoms with E-state index in [1.54, 1.807) is 36.4 Å². The van der Waals surface area contributed by atoms with Gasteiger partial charge in [-0.3, -0.25) is 0 Å². The second-order valence-electron chi connectivity index (χ2n) is 7.36. The van der Waals surface area contributed by atoms with Gasteiger partial charge in [0.15, 0.2) is 0 Å². The zero-order valence-corrected chi connectivity index (χ0v) is 16.3. The first-order chi connectivity index (χ1) is 13.6. The van der Waals surface area contributed by atoms with Crippen LogP contribution in [0.15, 0.2) is 72.8 Å². The number of aromatic hydroxyl groups is 3. The largest absolute Gasteiger partial charge is 0.508 e. The van der Waals surface area contributed by atoms with Gasteiger partial charge in [-0.2, -0.15) is 0 Å². The number of benzene rings is 3. The molecule has 3 N–H and O–H groups in total. The van der Waals surface area contributed by atoms with Gasteiger partial charge < -0.3 is 15.3 Å². The number of phenolic OH excluding ortho intramolecular Hbond substituents is 3. The highest BCUT2D eigenvalue weighted by Crippen LogP contribution is 2.44. The van der Waals surface area contributed by atoms with E-state index < -0.39 is 5.41 Å². The Morgan fingerprint density at radius 2 is 0.893 bits per heavy atom. The quantitative estimate of drug-likeness (QED) is 0.328. The van der Waals surface area contributed by atoms with Crippen LogP contribution in [0.1, 0.15) is 55.7 Å². The average molecular weight is 376 g/mol. The van der Waals surface area contributed by atoms with Crippen LogP contribution in [0.2, 0.25) is 0 Å². The summed E-state index contributed by atoms with van der Waals surface area (Å²) in [7, 11) is 0. The second kappa shape index (κ2) is 8.83. The van der Waals surface area contributed by atoms with Crippen LogP contribution in [-0.2, 0) is 5.41 Å². The van der Waals surface area contributed by atoms with Crippen molar-refractivity contribution in [1.29, 1.82) is 0 Å². The van der Waals surface area contributed by atoms with E-state index in [0.717, 1.165) is 36.0 Å². The standard InChI is InChI=1S/C25H28O3/c1-2-3-4-5-18-25(19-6-12-22(26)13-7-19,20-8-14-23(27)15-9-20)21-10-16-24(28)17-11-21/h6-17,26-28H,2-5,18H2,1H3. The van der Waals surface area contributed by atoms with E-state index in [-0.39, 0.29) is 17.2 Å². The van der Waals surface area contributed by atoms with E-state index in [9.17, 15) is 15.3 Å². The Bertz CT molecular complexity index is 754. The van der Waals surface area contributed by atoms with Crippen molar-refractivity contribution in [2.45, 2.75) is 44.4 Å². The molecule has 3 nitrogen and oxygen atoms in total. The van der Waals surface area contributed by atoms with Crippen LogP contribution in [0.4, 0.5) is 0 Å². The van der Waals surface area contributed by atoms with Gasteiger partial charge in [0.2, 0.25) is 0 Å². The molecule has 0 bridgehead atoms. The van der Waals surface area contributed by atoms with Gasteiger partial charge in [0.1, 0.15) is 17.2 Å². The molecule has 0 unspecified atom stereocenters. The lowest BCUT2D eigenvalue weighted by Gasteiger charge is -2.36. The topological polar surface area (TPSA) is 60.7 Å². The number of phenols is 3. The van der Waals surface area contributed by atoms with Gasteiger partial charge in [0.05, 0.1) is 0 Å². The summed E-state index contributed by atoms with van der Waals surface area (Å²) in [6.07, 6.45) is 5.46. The Morgan fingerprint density at radius 3 is 1.21 bits per heavy atom. The van der Waals surface area contributed by atoms with Gasteiger partial charge in [-0.1, -0.05) is 69.0 Å². The molecule has 3 aromatic rings. The molecule has 0 aliphatic carbocycles. The highest BCUT2D eigenvalue weighted by atomic mass is 16.3. The molecule has 0 aliphatic heterocycles. The molecule has 3 aromatic carbocycles. The minimum Gasteiger partial charge on any atom is -0.508 e. The molecule has 0 spiro atoms. The van der Waals surface area contributed by atoms with Gasteiger partial charge >= 0.3 is 0 Å². The molecule has 3 rings (SSSR count). The van der Waals surface area contributed by atoms with Crippen molar-refractivity contribution in [3.05, 3.63) is 89.5 Å². The minimum absolute atomic E-state index is 0.236. The Kier molecular flexibility index (Phi) is 6.25. The highest BCUT2D eigenvalue weighted by molar-refractivity contribution is 5.52. The summed E-state index contributed by atoms with van der Waals surface area (Å²) in [5, 5.41) is 29.4. The van der Waals surface area contributed by atoms with E-state index in [0.29, 0.717) is 0 Å². The molecule has 0 amide bonds. The first kappa shape index (κ1) is 19.8. The van der Waals surface area contributed by atoms with Crippen molar-refractivity contribution in [3.8, 4) is 17.2 Å². The average Bonchev–Trinajstić information content (AvgIpc) is 2.71. The fourth-order valence-electron chi connectivity index (χ4n) is 3.99. The molecular weight excluding hydrogens is 348 g/mol. The normalized spacial score (nSPS) is 11.5. The maximum Gasteiger partial charge on any atom is 0.115 e. The fraction of sp³-hybridized carbons (Fsp3) is 0.280. The minimum atomic E-state index is -0.428. The molecule has 146 valence electrons. The zero-order valence-electron chi connectivity index (χ0n) is 16.3. The van der Waals surface area contributed by atoms with Crippen LogP contribution in [-0.4, -0.2) is 15.3 Å². The molecule has 0 fully saturated rings. The van der Waals surface area contributed by atoms with Crippen molar-refractivity contribution >= 4 is 0 Å². The second-order valence-corrected chi connectivity index (χ2v) is 7.36. The van der Waals surface area contributed by atoms with Crippen LogP contribution < -0.4 is 0 Å². The summed E-state index contributed by atoms with van der Waals surface area (Å²) in [6.45, 7) is 2.20. The van der Waals surface area contributed by atoms with Crippen molar-refractivity contribution in [2.75, 3.05) is 0 Å². The molecule has 0 radical (unpaired) electrons. The van der Waals surface area contributed by atoms with Gasteiger partial charge in [-0.05, 0) is 59.5 Å².